The smallest absolute Gasteiger partial charge is 0.248 e. The van der Waals surface area contributed by atoms with Crippen LogP contribution in [0.2, 0.25) is 0 Å². The van der Waals surface area contributed by atoms with Crippen molar-refractivity contribution in [2.45, 2.75) is 38.6 Å². The van der Waals surface area contributed by atoms with E-state index in [9.17, 15) is 14.4 Å². The minimum atomic E-state index is -0.535. The fourth-order valence-corrected chi connectivity index (χ4v) is 4.65. The number of nitrogens with zero attached hydrogens (tertiary/aromatic N) is 2. The third-order valence-corrected chi connectivity index (χ3v) is 6.20. The number of nitrogens with one attached hydrogen (secondary N) is 1. The van der Waals surface area contributed by atoms with E-state index < -0.39 is 5.91 Å². The van der Waals surface area contributed by atoms with Crippen LogP contribution >= 0.6 is 0 Å². The first kappa shape index (κ1) is 20.9. The Morgan fingerprint density at radius 3 is 2.52 bits per heavy atom. The van der Waals surface area contributed by atoms with Crippen LogP contribution in [0.5, 0.6) is 0 Å². The first-order valence-electron chi connectivity index (χ1n) is 10.8. The molecule has 0 saturated carbocycles. The summed E-state index contributed by atoms with van der Waals surface area (Å²) in [4.78, 5) is 41.0. The number of carbonyl (C=O) groups is 3. The van der Waals surface area contributed by atoms with Gasteiger partial charge in [0.2, 0.25) is 17.7 Å². The van der Waals surface area contributed by atoms with Crippen molar-refractivity contribution >= 4 is 29.1 Å². The fraction of sp³-hybridized carbons (Fsp3) is 0.375. The summed E-state index contributed by atoms with van der Waals surface area (Å²) < 4.78 is 0. The van der Waals surface area contributed by atoms with Crippen LogP contribution in [0.4, 0.5) is 11.4 Å². The Labute approximate surface area is 182 Å². The summed E-state index contributed by atoms with van der Waals surface area (Å²) in [5, 5.41) is 2.99. The maximum atomic E-state index is 13.1. The van der Waals surface area contributed by atoms with E-state index in [1.807, 2.05) is 24.3 Å². The van der Waals surface area contributed by atoms with E-state index in [0.717, 1.165) is 43.6 Å². The lowest BCUT2D eigenvalue weighted by atomic mass is 9.90. The predicted octanol–water partition coefficient (Wildman–Crippen LogP) is 2.86. The average Bonchev–Trinajstić information content (AvgIpc) is 3.28. The molecule has 0 radical (unpaired) electrons. The summed E-state index contributed by atoms with van der Waals surface area (Å²) in [6.45, 7) is 3.96. The van der Waals surface area contributed by atoms with Crippen molar-refractivity contribution in [2.24, 2.45) is 5.73 Å². The van der Waals surface area contributed by atoms with Crippen LogP contribution in [0.25, 0.3) is 0 Å². The van der Waals surface area contributed by atoms with Crippen LogP contribution in [0, 0.1) is 0 Å². The number of rotatable bonds is 5. The SMILES string of the molecule is CC(=O)N1CCc2ccccc2C1CC(=O)Nc1cc(C(N)=O)ccc1N1CCCC1. The van der Waals surface area contributed by atoms with Crippen LogP contribution in [0.15, 0.2) is 42.5 Å². The van der Waals surface area contributed by atoms with Crippen molar-refractivity contribution in [3.05, 3.63) is 59.2 Å². The maximum Gasteiger partial charge on any atom is 0.248 e. The molecule has 162 valence electrons. The van der Waals surface area contributed by atoms with Crippen LogP contribution in [-0.4, -0.2) is 42.3 Å². The summed E-state index contributed by atoms with van der Waals surface area (Å²) in [5.41, 5.74) is 9.48. The number of anilines is 2. The van der Waals surface area contributed by atoms with E-state index in [1.54, 1.807) is 24.0 Å². The molecular formula is C24H28N4O3. The summed E-state index contributed by atoms with van der Waals surface area (Å²) in [5.74, 6) is -0.775. The highest BCUT2D eigenvalue weighted by molar-refractivity contribution is 5.99. The highest BCUT2D eigenvalue weighted by Crippen LogP contribution is 2.34. The molecule has 1 fully saturated rings. The Morgan fingerprint density at radius 1 is 1.06 bits per heavy atom. The second kappa shape index (κ2) is 8.79. The Morgan fingerprint density at radius 2 is 1.81 bits per heavy atom. The van der Waals surface area contributed by atoms with Crippen molar-refractivity contribution in [1.29, 1.82) is 0 Å². The van der Waals surface area contributed by atoms with Gasteiger partial charge in [-0.3, -0.25) is 14.4 Å². The lowest BCUT2D eigenvalue weighted by molar-refractivity contribution is -0.132. The van der Waals surface area contributed by atoms with Crippen molar-refractivity contribution in [3.8, 4) is 0 Å². The lowest BCUT2D eigenvalue weighted by Gasteiger charge is -2.36. The van der Waals surface area contributed by atoms with Gasteiger partial charge in [-0.25, -0.2) is 0 Å². The molecule has 2 aliphatic heterocycles. The van der Waals surface area contributed by atoms with Gasteiger partial charge in [0.1, 0.15) is 0 Å². The molecule has 7 heteroatoms. The summed E-state index contributed by atoms with van der Waals surface area (Å²) in [6, 6.07) is 12.8. The zero-order valence-corrected chi connectivity index (χ0v) is 17.8. The van der Waals surface area contributed by atoms with Gasteiger partial charge in [-0.05, 0) is 48.6 Å². The third-order valence-electron chi connectivity index (χ3n) is 6.20. The third kappa shape index (κ3) is 4.40. The predicted molar refractivity (Wildman–Crippen MR) is 120 cm³/mol. The van der Waals surface area contributed by atoms with Gasteiger partial charge in [0.25, 0.3) is 0 Å². The van der Waals surface area contributed by atoms with Gasteiger partial charge in [0, 0.05) is 32.1 Å². The molecule has 1 unspecified atom stereocenters. The van der Waals surface area contributed by atoms with Gasteiger partial charge in [-0.15, -0.1) is 0 Å². The van der Waals surface area contributed by atoms with Gasteiger partial charge >= 0.3 is 0 Å². The molecule has 2 aromatic rings. The molecule has 0 aromatic heterocycles. The number of amides is 3. The molecule has 2 heterocycles. The van der Waals surface area contributed by atoms with E-state index in [2.05, 4.69) is 16.3 Å². The number of primary amides is 1. The standard InChI is InChI=1S/C24H28N4O3/c1-16(29)28-13-10-17-6-2-3-7-19(17)22(28)15-23(30)26-20-14-18(24(25)31)8-9-21(20)27-11-4-5-12-27/h2-3,6-9,14,22H,4-5,10-13,15H2,1H3,(H2,25,31)(H,26,30). The molecule has 7 nitrogen and oxygen atoms in total. The minimum absolute atomic E-state index is 0.0409. The zero-order chi connectivity index (χ0) is 22.0. The molecule has 4 rings (SSSR count). The molecular weight excluding hydrogens is 392 g/mol. The van der Waals surface area contributed by atoms with Gasteiger partial charge in [0.05, 0.1) is 23.8 Å². The van der Waals surface area contributed by atoms with E-state index in [1.165, 1.54) is 5.56 Å². The van der Waals surface area contributed by atoms with Crippen molar-refractivity contribution < 1.29 is 14.4 Å². The molecule has 1 saturated heterocycles. The molecule has 2 aliphatic rings. The second-order valence-corrected chi connectivity index (χ2v) is 8.22. The number of fused-ring (bicyclic) bond motifs is 1. The monoisotopic (exact) mass is 420 g/mol. The molecule has 0 spiro atoms. The van der Waals surface area contributed by atoms with Crippen molar-refractivity contribution in [2.75, 3.05) is 29.9 Å². The first-order valence-corrected chi connectivity index (χ1v) is 10.8. The largest absolute Gasteiger partial charge is 0.370 e. The van der Waals surface area contributed by atoms with Crippen molar-refractivity contribution in [3.63, 3.8) is 0 Å². The van der Waals surface area contributed by atoms with Crippen LogP contribution < -0.4 is 16.0 Å². The van der Waals surface area contributed by atoms with Gasteiger partial charge in [-0.1, -0.05) is 24.3 Å². The maximum absolute atomic E-state index is 13.1. The zero-order valence-electron chi connectivity index (χ0n) is 17.8. The number of nitrogens with two attached hydrogens (primary N) is 1. The quantitative estimate of drug-likeness (QED) is 0.777. The number of carbonyl (C=O) groups excluding carboxylic acids is 3. The second-order valence-electron chi connectivity index (χ2n) is 8.22. The van der Waals surface area contributed by atoms with Crippen molar-refractivity contribution in [1.82, 2.24) is 4.90 Å². The van der Waals surface area contributed by atoms with Gasteiger partial charge < -0.3 is 20.9 Å². The number of benzene rings is 2. The summed E-state index contributed by atoms with van der Waals surface area (Å²) in [6.07, 6.45) is 3.12. The van der Waals surface area contributed by atoms with Crippen LogP contribution in [0.1, 0.15) is 53.7 Å². The average molecular weight is 421 g/mol. The van der Waals surface area contributed by atoms with E-state index in [4.69, 9.17) is 5.73 Å². The Kier molecular flexibility index (Phi) is 5.93. The number of hydrogen-bond donors (Lipinski definition) is 2. The fourth-order valence-electron chi connectivity index (χ4n) is 4.65. The normalized spacial score (nSPS) is 17.9. The molecule has 31 heavy (non-hydrogen) atoms. The molecule has 3 N–H and O–H groups in total. The van der Waals surface area contributed by atoms with E-state index in [-0.39, 0.29) is 24.3 Å². The molecule has 3 amide bonds. The molecule has 0 bridgehead atoms. The first-order chi connectivity index (χ1) is 14.9. The lowest BCUT2D eigenvalue weighted by Crippen LogP contribution is -2.40. The van der Waals surface area contributed by atoms with E-state index >= 15 is 0 Å². The highest BCUT2D eigenvalue weighted by Gasteiger charge is 2.31. The molecule has 2 aromatic carbocycles. The molecule has 0 aliphatic carbocycles. The number of hydrogen-bond acceptors (Lipinski definition) is 4. The highest BCUT2D eigenvalue weighted by atomic mass is 16.2. The summed E-state index contributed by atoms with van der Waals surface area (Å²) in [7, 11) is 0. The van der Waals surface area contributed by atoms with Gasteiger partial charge in [-0.2, -0.15) is 0 Å². The Balaban J connectivity index is 1.60. The van der Waals surface area contributed by atoms with Crippen LogP contribution in [0.3, 0.4) is 0 Å². The van der Waals surface area contributed by atoms with Gasteiger partial charge in [0.15, 0.2) is 0 Å². The van der Waals surface area contributed by atoms with Crippen LogP contribution in [-0.2, 0) is 16.0 Å². The van der Waals surface area contributed by atoms with E-state index in [0.29, 0.717) is 17.8 Å². The minimum Gasteiger partial charge on any atom is -0.370 e. The topological polar surface area (TPSA) is 95.7 Å². The summed E-state index contributed by atoms with van der Waals surface area (Å²) >= 11 is 0. The molecule has 1 atom stereocenters. The Bertz CT molecular complexity index is 1010. The Hall–Kier alpha value is -3.35.